The van der Waals surface area contributed by atoms with E-state index in [1.807, 2.05) is 56.1 Å². The monoisotopic (exact) mass is 272 g/mol. The predicted molar refractivity (Wildman–Crippen MR) is 83.0 cm³/mol. The van der Waals surface area contributed by atoms with Crippen LogP contribution in [0.4, 0.5) is 15.8 Å². The third kappa shape index (κ3) is 3.17. The summed E-state index contributed by atoms with van der Waals surface area (Å²) >= 11 is 0. The largest absolute Gasteiger partial charge is 0.342 e. The summed E-state index contributed by atoms with van der Waals surface area (Å²) in [5.41, 5.74) is 3.79. The number of benzene rings is 2. The summed E-state index contributed by atoms with van der Waals surface area (Å²) in [7, 11) is 1.90. The van der Waals surface area contributed by atoms with E-state index < -0.39 is 0 Å². The van der Waals surface area contributed by atoms with Crippen molar-refractivity contribution in [2.45, 2.75) is 20.4 Å². The van der Waals surface area contributed by atoms with Gasteiger partial charge in [0.15, 0.2) is 0 Å². The number of hydrogen-bond acceptors (Lipinski definition) is 2. The third-order valence-electron chi connectivity index (χ3n) is 3.39. The lowest BCUT2D eigenvalue weighted by molar-refractivity contribution is 0.622. The van der Waals surface area contributed by atoms with Gasteiger partial charge in [-0.05, 0) is 37.2 Å². The van der Waals surface area contributed by atoms with Crippen LogP contribution in [0.2, 0.25) is 0 Å². The molecule has 0 aromatic heterocycles. The van der Waals surface area contributed by atoms with Gasteiger partial charge in [0.05, 0.1) is 5.69 Å². The van der Waals surface area contributed by atoms with Crippen LogP contribution in [0, 0.1) is 12.7 Å². The molecule has 0 radical (unpaired) electrons. The van der Waals surface area contributed by atoms with Gasteiger partial charge in [-0.25, -0.2) is 4.39 Å². The lowest BCUT2D eigenvalue weighted by atomic mass is 10.1. The Bertz CT molecular complexity index is 564. The van der Waals surface area contributed by atoms with Crippen LogP contribution in [-0.2, 0) is 6.54 Å². The molecule has 2 nitrogen and oxygen atoms in total. The molecule has 20 heavy (non-hydrogen) atoms. The SMILES string of the molecule is CCNCc1cccc(F)c1N(C)c1ccc(C)cc1. The number of nitrogens with one attached hydrogen (secondary N) is 1. The smallest absolute Gasteiger partial charge is 0.147 e. The standard InChI is InChI=1S/C17H21FN2/c1-4-19-12-14-6-5-7-16(18)17(14)20(3)15-10-8-13(2)9-11-15/h5-11,19H,4,12H2,1-3H3. The third-order valence-corrected chi connectivity index (χ3v) is 3.39. The molecule has 0 atom stereocenters. The topological polar surface area (TPSA) is 15.3 Å². The Hall–Kier alpha value is -1.87. The summed E-state index contributed by atoms with van der Waals surface area (Å²) in [5, 5.41) is 3.25. The molecule has 0 aliphatic rings. The first kappa shape index (κ1) is 14.5. The summed E-state index contributed by atoms with van der Waals surface area (Å²) in [6, 6.07) is 13.3. The molecule has 2 aromatic rings. The second kappa shape index (κ2) is 6.53. The van der Waals surface area contributed by atoms with E-state index >= 15 is 0 Å². The minimum atomic E-state index is -0.191. The summed E-state index contributed by atoms with van der Waals surface area (Å²) in [4.78, 5) is 1.90. The maximum Gasteiger partial charge on any atom is 0.147 e. The van der Waals surface area contributed by atoms with Crippen molar-refractivity contribution in [1.82, 2.24) is 5.32 Å². The van der Waals surface area contributed by atoms with Crippen molar-refractivity contribution in [3.63, 3.8) is 0 Å². The molecule has 2 aromatic carbocycles. The van der Waals surface area contributed by atoms with Gasteiger partial charge in [-0.1, -0.05) is 36.8 Å². The van der Waals surface area contributed by atoms with Gasteiger partial charge in [-0.3, -0.25) is 0 Å². The van der Waals surface area contributed by atoms with Crippen LogP contribution in [0.3, 0.4) is 0 Å². The van der Waals surface area contributed by atoms with Crippen LogP contribution in [0.1, 0.15) is 18.1 Å². The van der Waals surface area contributed by atoms with E-state index in [1.54, 1.807) is 6.07 Å². The van der Waals surface area contributed by atoms with Gasteiger partial charge in [0.25, 0.3) is 0 Å². The zero-order valence-corrected chi connectivity index (χ0v) is 12.3. The molecule has 0 saturated carbocycles. The number of hydrogen-bond donors (Lipinski definition) is 1. The Morgan fingerprint density at radius 2 is 1.80 bits per heavy atom. The van der Waals surface area contributed by atoms with Crippen molar-refractivity contribution in [2.24, 2.45) is 0 Å². The van der Waals surface area contributed by atoms with Crippen molar-refractivity contribution in [3.05, 3.63) is 59.4 Å². The van der Waals surface area contributed by atoms with E-state index in [4.69, 9.17) is 0 Å². The molecule has 0 aliphatic heterocycles. The molecule has 0 spiro atoms. The fourth-order valence-corrected chi connectivity index (χ4v) is 2.24. The van der Waals surface area contributed by atoms with Gasteiger partial charge >= 0.3 is 0 Å². The van der Waals surface area contributed by atoms with E-state index in [-0.39, 0.29) is 5.82 Å². The van der Waals surface area contributed by atoms with Crippen LogP contribution in [0.15, 0.2) is 42.5 Å². The van der Waals surface area contributed by atoms with Crippen molar-refractivity contribution >= 4 is 11.4 Å². The average molecular weight is 272 g/mol. The van der Waals surface area contributed by atoms with E-state index in [1.165, 1.54) is 11.6 Å². The summed E-state index contributed by atoms with van der Waals surface area (Å²) < 4.78 is 14.2. The zero-order valence-electron chi connectivity index (χ0n) is 12.3. The second-order valence-corrected chi connectivity index (χ2v) is 4.92. The van der Waals surface area contributed by atoms with Gasteiger partial charge in [0, 0.05) is 19.3 Å². The molecule has 0 saturated heterocycles. The number of aryl methyl sites for hydroxylation is 1. The average Bonchev–Trinajstić information content (AvgIpc) is 2.45. The lowest BCUT2D eigenvalue weighted by Gasteiger charge is -2.23. The fourth-order valence-electron chi connectivity index (χ4n) is 2.24. The maximum absolute atomic E-state index is 14.2. The number of para-hydroxylation sites is 1. The highest BCUT2D eigenvalue weighted by molar-refractivity contribution is 5.66. The van der Waals surface area contributed by atoms with Gasteiger partial charge in [0.1, 0.15) is 5.82 Å². The minimum absolute atomic E-state index is 0.191. The molecule has 2 rings (SSSR count). The van der Waals surface area contributed by atoms with Crippen molar-refractivity contribution in [2.75, 3.05) is 18.5 Å². The first-order chi connectivity index (χ1) is 9.63. The first-order valence-corrected chi connectivity index (χ1v) is 6.92. The molecule has 0 amide bonds. The normalized spacial score (nSPS) is 10.6. The van der Waals surface area contributed by atoms with Crippen LogP contribution >= 0.6 is 0 Å². The molecule has 0 unspecified atom stereocenters. The van der Waals surface area contributed by atoms with Crippen LogP contribution in [0.5, 0.6) is 0 Å². The van der Waals surface area contributed by atoms with E-state index in [9.17, 15) is 4.39 Å². The molecular weight excluding hydrogens is 251 g/mol. The first-order valence-electron chi connectivity index (χ1n) is 6.92. The quantitative estimate of drug-likeness (QED) is 0.884. The molecule has 0 aliphatic carbocycles. The minimum Gasteiger partial charge on any atom is -0.342 e. The Morgan fingerprint density at radius 1 is 1.10 bits per heavy atom. The number of anilines is 2. The molecule has 0 heterocycles. The molecule has 0 bridgehead atoms. The van der Waals surface area contributed by atoms with Crippen LogP contribution in [-0.4, -0.2) is 13.6 Å². The predicted octanol–water partition coefficient (Wildman–Crippen LogP) is 4.01. The lowest BCUT2D eigenvalue weighted by Crippen LogP contribution is -2.18. The highest BCUT2D eigenvalue weighted by Gasteiger charge is 2.14. The number of halogens is 1. The second-order valence-electron chi connectivity index (χ2n) is 4.92. The fraction of sp³-hybridized carbons (Fsp3) is 0.294. The van der Waals surface area contributed by atoms with Gasteiger partial charge in [-0.15, -0.1) is 0 Å². The summed E-state index contributed by atoms with van der Waals surface area (Å²) in [5.74, 6) is -0.191. The van der Waals surface area contributed by atoms with E-state index in [0.29, 0.717) is 12.2 Å². The maximum atomic E-state index is 14.2. The van der Waals surface area contributed by atoms with Crippen molar-refractivity contribution in [1.29, 1.82) is 0 Å². The Labute approximate surface area is 120 Å². The van der Waals surface area contributed by atoms with Gasteiger partial charge < -0.3 is 10.2 Å². The van der Waals surface area contributed by atoms with Crippen molar-refractivity contribution < 1.29 is 4.39 Å². The Balaban J connectivity index is 2.37. The van der Waals surface area contributed by atoms with E-state index in [2.05, 4.69) is 5.32 Å². The Kier molecular flexibility index (Phi) is 4.74. The van der Waals surface area contributed by atoms with Crippen LogP contribution in [0.25, 0.3) is 0 Å². The zero-order chi connectivity index (χ0) is 14.5. The number of nitrogens with zero attached hydrogens (tertiary/aromatic N) is 1. The molecule has 0 fully saturated rings. The van der Waals surface area contributed by atoms with Gasteiger partial charge in [0.2, 0.25) is 0 Å². The summed E-state index contributed by atoms with van der Waals surface area (Å²) in [6.07, 6.45) is 0. The van der Waals surface area contributed by atoms with E-state index in [0.717, 1.165) is 17.8 Å². The highest BCUT2D eigenvalue weighted by atomic mass is 19.1. The van der Waals surface area contributed by atoms with Crippen LogP contribution < -0.4 is 10.2 Å². The molecule has 106 valence electrons. The van der Waals surface area contributed by atoms with Gasteiger partial charge in [-0.2, -0.15) is 0 Å². The Morgan fingerprint density at radius 3 is 2.45 bits per heavy atom. The molecule has 1 N–H and O–H groups in total. The molecular formula is C17H21FN2. The summed E-state index contributed by atoms with van der Waals surface area (Å²) in [6.45, 7) is 5.62. The number of rotatable bonds is 5. The van der Waals surface area contributed by atoms with Crippen molar-refractivity contribution in [3.8, 4) is 0 Å². The highest BCUT2D eigenvalue weighted by Crippen LogP contribution is 2.30. The molecule has 3 heteroatoms.